The molecule has 0 spiro atoms. The monoisotopic (exact) mass is 298 g/mol. The van der Waals surface area contributed by atoms with Gasteiger partial charge in [0, 0.05) is 24.6 Å². The fourth-order valence-electron chi connectivity index (χ4n) is 2.17. The zero-order valence-corrected chi connectivity index (χ0v) is 14.2. The summed E-state index contributed by atoms with van der Waals surface area (Å²) >= 11 is 6.09. The van der Waals surface area contributed by atoms with Crippen molar-refractivity contribution in [3.63, 3.8) is 0 Å². The number of nitrogens with one attached hydrogen (secondary N) is 1. The standard InChI is InChI=1S/C15H27ClN4/c1-10(2)7-12(9-20(5)6)17-14-8-13(16)18-15(19-14)11(3)4/h8,10-12H,7,9H2,1-6H3,(H,17,18,19). The van der Waals surface area contributed by atoms with E-state index in [1.54, 1.807) is 6.07 Å². The smallest absolute Gasteiger partial charge is 0.135 e. The maximum Gasteiger partial charge on any atom is 0.135 e. The Morgan fingerprint density at radius 3 is 2.35 bits per heavy atom. The van der Waals surface area contributed by atoms with Gasteiger partial charge < -0.3 is 10.2 Å². The summed E-state index contributed by atoms with van der Waals surface area (Å²) in [5.74, 6) is 2.51. The Bertz CT molecular complexity index is 408. The molecule has 5 heteroatoms. The molecular weight excluding hydrogens is 272 g/mol. The maximum atomic E-state index is 6.09. The van der Waals surface area contributed by atoms with Crippen molar-refractivity contribution in [3.05, 3.63) is 17.0 Å². The van der Waals surface area contributed by atoms with Crippen LogP contribution in [0.15, 0.2) is 6.07 Å². The van der Waals surface area contributed by atoms with Crippen LogP contribution in [0.5, 0.6) is 0 Å². The molecule has 1 aromatic rings. The molecule has 0 saturated heterocycles. The molecule has 20 heavy (non-hydrogen) atoms. The van der Waals surface area contributed by atoms with Crippen LogP contribution in [0.1, 0.15) is 45.9 Å². The number of likely N-dealkylation sites (N-methyl/N-ethyl adjacent to an activating group) is 1. The van der Waals surface area contributed by atoms with Crippen LogP contribution in [0.3, 0.4) is 0 Å². The fraction of sp³-hybridized carbons (Fsp3) is 0.733. The highest BCUT2D eigenvalue weighted by Crippen LogP contribution is 2.19. The zero-order chi connectivity index (χ0) is 15.3. The summed E-state index contributed by atoms with van der Waals surface area (Å²) in [6, 6.07) is 2.16. The lowest BCUT2D eigenvalue weighted by Crippen LogP contribution is -2.33. The van der Waals surface area contributed by atoms with Crippen molar-refractivity contribution in [1.82, 2.24) is 14.9 Å². The van der Waals surface area contributed by atoms with Crippen molar-refractivity contribution < 1.29 is 0 Å². The molecule has 0 aliphatic heterocycles. The minimum Gasteiger partial charge on any atom is -0.366 e. The molecule has 1 rings (SSSR count). The second kappa shape index (κ2) is 7.79. The molecule has 4 nitrogen and oxygen atoms in total. The average molecular weight is 299 g/mol. The van der Waals surface area contributed by atoms with Crippen LogP contribution in [-0.4, -0.2) is 41.5 Å². The highest BCUT2D eigenvalue weighted by Gasteiger charge is 2.14. The average Bonchev–Trinajstić information content (AvgIpc) is 2.25. The summed E-state index contributed by atoms with van der Waals surface area (Å²) in [4.78, 5) is 11.0. The number of halogens is 1. The molecule has 114 valence electrons. The van der Waals surface area contributed by atoms with Gasteiger partial charge in [-0.1, -0.05) is 39.3 Å². The van der Waals surface area contributed by atoms with Gasteiger partial charge in [0.25, 0.3) is 0 Å². The lowest BCUT2D eigenvalue weighted by atomic mass is 10.0. The molecule has 0 bridgehead atoms. The van der Waals surface area contributed by atoms with Gasteiger partial charge in [0.2, 0.25) is 0 Å². The number of nitrogens with zero attached hydrogens (tertiary/aromatic N) is 3. The molecule has 1 unspecified atom stereocenters. The van der Waals surface area contributed by atoms with E-state index in [9.17, 15) is 0 Å². The molecule has 1 aromatic heterocycles. The van der Waals surface area contributed by atoms with Crippen molar-refractivity contribution in [2.75, 3.05) is 26.0 Å². The second-order valence-electron chi connectivity index (χ2n) is 6.32. The van der Waals surface area contributed by atoms with E-state index in [1.165, 1.54) is 0 Å². The van der Waals surface area contributed by atoms with Crippen LogP contribution in [0.4, 0.5) is 5.82 Å². The third-order valence-corrected chi connectivity index (χ3v) is 3.12. The fourth-order valence-corrected chi connectivity index (χ4v) is 2.36. The minimum absolute atomic E-state index is 0.270. The van der Waals surface area contributed by atoms with Gasteiger partial charge in [-0.25, -0.2) is 9.97 Å². The molecule has 0 aromatic carbocycles. The number of aromatic nitrogens is 2. The van der Waals surface area contributed by atoms with Gasteiger partial charge in [-0.15, -0.1) is 0 Å². The molecule has 1 N–H and O–H groups in total. The Hall–Kier alpha value is -0.870. The Labute approximate surface area is 127 Å². The minimum atomic E-state index is 0.270. The number of anilines is 1. The number of rotatable bonds is 7. The quantitative estimate of drug-likeness (QED) is 0.780. The Morgan fingerprint density at radius 2 is 1.85 bits per heavy atom. The Morgan fingerprint density at radius 1 is 1.20 bits per heavy atom. The van der Waals surface area contributed by atoms with Gasteiger partial charge in [0.05, 0.1) is 0 Å². The normalized spacial score (nSPS) is 13.3. The summed E-state index contributed by atoms with van der Waals surface area (Å²) in [5, 5.41) is 4.00. The topological polar surface area (TPSA) is 41.0 Å². The SMILES string of the molecule is CC(C)CC(CN(C)C)Nc1cc(Cl)nc(C(C)C)n1. The third-order valence-electron chi connectivity index (χ3n) is 2.92. The van der Waals surface area contributed by atoms with Crippen LogP contribution in [-0.2, 0) is 0 Å². The molecule has 0 saturated carbocycles. The van der Waals surface area contributed by atoms with Gasteiger partial charge in [-0.05, 0) is 26.4 Å². The van der Waals surface area contributed by atoms with Gasteiger partial charge in [-0.2, -0.15) is 0 Å². The van der Waals surface area contributed by atoms with Crippen molar-refractivity contribution >= 4 is 17.4 Å². The first-order chi connectivity index (χ1) is 9.27. The second-order valence-corrected chi connectivity index (χ2v) is 6.71. The van der Waals surface area contributed by atoms with E-state index >= 15 is 0 Å². The summed E-state index contributed by atoms with van der Waals surface area (Å²) in [5.41, 5.74) is 0. The Balaban J connectivity index is 2.86. The van der Waals surface area contributed by atoms with Crippen LogP contribution < -0.4 is 5.32 Å². The summed E-state index contributed by atoms with van der Waals surface area (Å²) < 4.78 is 0. The van der Waals surface area contributed by atoms with Crippen LogP contribution in [0.2, 0.25) is 5.15 Å². The highest BCUT2D eigenvalue weighted by atomic mass is 35.5. The lowest BCUT2D eigenvalue weighted by molar-refractivity contribution is 0.356. The van der Waals surface area contributed by atoms with E-state index in [-0.39, 0.29) is 5.92 Å². The lowest BCUT2D eigenvalue weighted by Gasteiger charge is -2.24. The summed E-state index contributed by atoms with van der Waals surface area (Å²) in [6.07, 6.45) is 1.09. The molecule has 1 atom stereocenters. The third kappa shape index (κ3) is 6.06. The van der Waals surface area contributed by atoms with Crippen LogP contribution in [0.25, 0.3) is 0 Å². The van der Waals surface area contributed by atoms with Crippen LogP contribution >= 0.6 is 11.6 Å². The van der Waals surface area contributed by atoms with Crippen molar-refractivity contribution in [3.8, 4) is 0 Å². The van der Waals surface area contributed by atoms with Crippen molar-refractivity contribution in [2.24, 2.45) is 5.92 Å². The van der Waals surface area contributed by atoms with Crippen molar-refractivity contribution in [1.29, 1.82) is 0 Å². The molecule has 0 radical (unpaired) electrons. The predicted octanol–water partition coefficient (Wildman–Crippen LogP) is 3.64. The van der Waals surface area contributed by atoms with Crippen molar-refractivity contribution in [2.45, 2.75) is 46.1 Å². The number of hydrogen-bond acceptors (Lipinski definition) is 4. The predicted molar refractivity (Wildman–Crippen MR) is 86.6 cm³/mol. The van der Waals surface area contributed by atoms with Gasteiger partial charge in [-0.3, -0.25) is 0 Å². The first-order valence-corrected chi connectivity index (χ1v) is 7.61. The maximum absolute atomic E-state index is 6.09. The van der Waals surface area contributed by atoms with Crippen LogP contribution in [0, 0.1) is 5.92 Å². The molecule has 0 aliphatic rings. The first kappa shape index (κ1) is 17.2. The molecule has 0 fully saturated rings. The van der Waals surface area contributed by atoms with Gasteiger partial charge in [0.1, 0.15) is 16.8 Å². The Kier molecular flexibility index (Phi) is 6.69. The van der Waals surface area contributed by atoms with E-state index in [0.29, 0.717) is 17.1 Å². The van der Waals surface area contributed by atoms with Gasteiger partial charge >= 0.3 is 0 Å². The van der Waals surface area contributed by atoms with E-state index < -0.39 is 0 Å². The highest BCUT2D eigenvalue weighted by molar-refractivity contribution is 6.29. The largest absolute Gasteiger partial charge is 0.366 e. The zero-order valence-electron chi connectivity index (χ0n) is 13.4. The molecule has 1 heterocycles. The van der Waals surface area contributed by atoms with E-state index in [0.717, 1.165) is 24.6 Å². The summed E-state index contributed by atoms with van der Waals surface area (Å²) in [6.45, 7) is 9.58. The molecule has 0 amide bonds. The first-order valence-electron chi connectivity index (χ1n) is 7.23. The van der Waals surface area contributed by atoms with E-state index in [4.69, 9.17) is 11.6 Å². The summed E-state index contributed by atoms with van der Waals surface area (Å²) in [7, 11) is 4.17. The molecular formula is C15H27ClN4. The number of hydrogen-bond donors (Lipinski definition) is 1. The molecule has 0 aliphatic carbocycles. The van der Waals surface area contributed by atoms with E-state index in [2.05, 4.69) is 62.0 Å². The van der Waals surface area contributed by atoms with E-state index in [1.807, 2.05) is 0 Å². The van der Waals surface area contributed by atoms with Gasteiger partial charge in [0.15, 0.2) is 0 Å².